The second-order valence-electron chi connectivity index (χ2n) is 7.72. The number of rotatable bonds is 9. The third kappa shape index (κ3) is 5.21. The van der Waals surface area contributed by atoms with Crippen LogP contribution in [0.25, 0.3) is 0 Å². The lowest BCUT2D eigenvalue weighted by Gasteiger charge is -2.49. The summed E-state index contributed by atoms with van der Waals surface area (Å²) in [6, 6.07) is 1.77. The van der Waals surface area contributed by atoms with Gasteiger partial charge in [0.25, 0.3) is 11.8 Å². The number of esters is 1. The van der Waals surface area contributed by atoms with Crippen molar-refractivity contribution in [2.24, 2.45) is 5.16 Å². The second kappa shape index (κ2) is 10.0. The molecule has 2 aliphatic heterocycles. The van der Waals surface area contributed by atoms with Crippen LogP contribution in [0.3, 0.4) is 0 Å². The van der Waals surface area contributed by atoms with E-state index in [4.69, 9.17) is 9.25 Å². The van der Waals surface area contributed by atoms with Crippen LogP contribution in [0.5, 0.6) is 0 Å². The average Bonchev–Trinajstić information content (AvgIpc) is 3.34. The van der Waals surface area contributed by atoms with Crippen LogP contribution in [0.1, 0.15) is 19.6 Å². The number of furan rings is 1. The lowest BCUT2D eigenvalue weighted by Crippen LogP contribution is -2.71. The SMILES string of the molecule is COC(=O)/C=C/C1=C(C(=O)O)N2C(=O)[C@@H](NC(=O)C(=NOC(C)(C)C(=O)O)c3ccco3)[C@H]2SC1. The zero-order chi connectivity index (χ0) is 25.9. The molecule has 1 aromatic heterocycles. The summed E-state index contributed by atoms with van der Waals surface area (Å²) in [6.45, 7) is 2.46. The van der Waals surface area contributed by atoms with Crippen molar-refractivity contribution >= 4 is 47.2 Å². The van der Waals surface area contributed by atoms with E-state index in [2.05, 4.69) is 15.2 Å². The van der Waals surface area contributed by atoms with E-state index in [0.717, 1.165) is 11.0 Å². The number of ether oxygens (including phenoxy) is 1. The fourth-order valence-electron chi connectivity index (χ4n) is 3.03. The molecule has 0 unspecified atom stereocenters. The number of carboxylic acids is 2. The fraction of sp³-hybridized carbons (Fsp3) is 0.333. The molecule has 13 nitrogen and oxygen atoms in total. The molecular formula is C21H21N3O10S. The van der Waals surface area contributed by atoms with Crippen LogP contribution in [-0.2, 0) is 33.5 Å². The van der Waals surface area contributed by atoms with E-state index >= 15 is 0 Å². The number of carbonyl (C=O) groups excluding carboxylic acids is 3. The number of hydrogen-bond donors (Lipinski definition) is 3. The number of aliphatic carboxylic acids is 2. The number of methoxy groups -OCH3 is 1. The summed E-state index contributed by atoms with van der Waals surface area (Å²) >= 11 is 1.18. The highest BCUT2D eigenvalue weighted by molar-refractivity contribution is 8.00. The van der Waals surface area contributed by atoms with Crippen LogP contribution in [0.4, 0.5) is 0 Å². The third-order valence-corrected chi connectivity index (χ3v) is 6.26. The molecule has 1 aromatic rings. The number of oxime groups is 1. The number of nitrogens with one attached hydrogen (secondary N) is 1. The van der Waals surface area contributed by atoms with E-state index < -0.39 is 52.5 Å². The molecule has 186 valence electrons. The molecular weight excluding hydrogens is 486 g/mol. The monoisotopic (exact) mass is 507 g/mol. The van der Waals surface area contributed by atoms with Crippen molar-refractivity contribution in [1.29, 1.82) is 0 Å². The quantitative estimate of drug-likeness (QED) is 0.137. The van der Waals surface area contributed by atoms with Crippen LogP contribution >= 0.6 is 11.8 Å². The van der Waals surface area contributed by atoms with Crippen molar-refractivity contribution in [3.63, 3.8) is 0 Å². The van der Waals surface area contributed by atoms with E-state index in [-0.39, 0.29) is 22.8 Å². The average molecular weight is 507 g/mol. The van der Waals surface area contributed by atoms with Gasteiger partial charge in [-0.05, 0) is 37.6 Å². The first-order valence-corrected chi connectivity index (χ1v) is 11.0. The highest BCUT2D eigenvalue weighted by Crippen LogP contribution is 2.40. The lowest BCUT2D eigenvalue weighted by atomic mass is 10.0. The maximum absolute atomic E-state index is 12.9. The molecule has 3 rings (SSSR count). The first-order valence-electron chi connectivity index (χ1n) is 9.99. The highest BCUT2D eigenvalue weighted by atomic mass is 32.2. The number of nitrogens with zero attached hydrogens (tertiary/aromatic N) is 2. The second-order valence-corrected chi connectivity index (χ2v) is 8.83. The van der Waals surface area contributed by atoms with Crippen molar-refractivity contribution in [3.8, 4) is 0 Å². The van der Waals surface area contributed by atoms with E-state index in [0.29, 0.717) is 0 Å². The molecule has 0 aromatic carbocycles. The molecule has 35 heavy (non-hydrogen) atoms. The van der Waals surface area contributed by atoms with Crippen LogP contribution in [0.15, 0.2) is 51.4 Å². The Morgan fingerprint density at radius 1 is 1.31 bits per heavy atom. The molecule has 0 radical (unpaired) electrons. The molecule has 3 heterocycles. The van der Waals surface area contributed by atoms with Gasteiger partial charge in [0.05, 0.1) is 13.4 Å². The molecule has 0 spiro atoms. The minimum Gasteiger partial charge on any atom is -0.478 e. The van der Waals surface area contributed by atoms with Gasteiger partial charge in [-0.15, -0.1) is 11.8 Å². The fourth-order valence-corrected chi connectivity index (χ4v) is 4.35. The zero-order valence-electron chi connectivity index (χ0n) is 18.7. The number of carbonyl (C=O) groups is 5. The molecule has 2 atom stereocenters. The number of fused-ring (bicyclic) bond motifs is 1. The predicted octanol–water partition coefficient (Wildman–Crippen LogP) is 0.331. The summed E-state index contributed by atoms with van der Waals surface area (Å²) in [7, 11) is 1.17. The maximum atomic E-state index is 12.9. The first-order chi connectivity index (χ1) is 16.5. The summed E-state index contributed by atoms with van der Waals surface area (Å²) in [4.78, 5) is 66.3. The molecule has 2 aliphatic rings. The van der Waals surface area contributed by atoms with E-state index in [1.54, 1.807) is 0 Å². The maximum Gasteiger partial charge on any atom is 0.352 e. The number of β-lactam (4-membered cyclic amide) rings is 1. The van der Waals surface area contributed by atoms with E-state index in [9.17, 15) is 34.2 Å². The standard InChI is InChI=1S/C21H21N3O10S/c1-21(2,20(30)31)34-23-13(11-5-4-8-33-11)16(26)22-14-17(27)24-15(19(28)29)10(9-35-18(14)24)6-7-12(25)32-3/h4-8,14,18H,9H2,1-3H3,(H,22,26)(H,28,29)(H,30,31)/b7-6+,23-13?/t14-,18-/m1/s1. The third-order valence-electron chi connectivity index (χ3n) is 4.96. The molecule has 1 saturated heterocycles. The van der Waals surface area contributed by atoms with E-state index in [1.165, 1.54) is 57.2 Å². The van der Waals surface area contributed by atoms with Gasteiger partial charge in [-0.25, -0.2) is 14.4 Å². The Labute approximate surface area is 202 Å². The van der Waals surface area contributed by atoms with Crippen molar-refractivity contribution in [3.05, 3.63) is 47.6 Å². The Kier molecular flexibility index (Phi) is 7.34. The summed E-state index contributed by atoms with van der Waals surface area (Å²) in [5, 5.41) is 24.2. The van der Waals surface area contributed by atoms with Crippen molar-refractivity contribution in [2.45, 2.75) is 30.9 Å². The van der Waals surface area contributed by atoms with Gasteiger partial charge in [-0.1, -0.05) is 5.16 Å². The summed E-state index contributed by atoms with van der Waals surface area (Å²) in [5.74, 6) is -4.86. The van der Waals surface area contributed by atoms with Crippen LogP contribution in [0, 0.1) is 0 Å². The van der Waals surface area contributed by atoms with Gasteiger partial charge in [0.15, 0.2) is 5.76 Å². The number of thioether (sulfide) groups is 1. The normalized spacial score (nSPS) is 20.3. The predicted molar refractivity (Wildman–Crippen MR) is 119 cm³/mol. The van der Waals surface area contributed by atoms with Gasteiger partial charge in [-0.3, -0.25) is 14.5 Å². The Bertz CT molecular complexity index is 1150. The van der Waals surface area contributed by atoms with Gasteiger partial charge in [-0.2, -0.15) is 0 Å². The Morgan fingerprint density at radius 3 is 2.60 bits per heavy atom. The van der Waals surface area contributed by atoms with Crippen LogP contribution in [0.2, 0.25) is 0 Å². The van der Waals surface area contributed by atoms with Gasteiger partial charge < -0.3 is 29.5 Å². The van der Waals surface area contributed by atoms with E-state index in [1.807, 2.05) is 0 Å². The van der Waals surface area contributed by atoms with Gasteiger partial charge in [0.1, 0.15) is 17.1 Å². The summed E-state index contributed by atoms with van der Waals surface area (Å²) < 4.78 is 9.67. The molecule has 14 heteroatoms. The van der Waals surface area contributed by atoms with Gasteiger partial charge >= 0.3 is 17.9 Å². The summed E-state index contributed by atoms with van der Waals surface area (Å²) in [5.41, 5.74) is -2.25. The highest BCUT2D eigenvalue weighted by Gasteiger charge is 2.54. The molecule has 0 saturated carbocycles. The van der Waals surface area contributed by atoms with Crippen LogP contribution < -0.4 is 5.32 Å². The van der Waals surface area contributed by atoms with Gasteiger partial charge in [0, 0.05) is 11.8 Å². The number of carboxylic acid groups (broad SMARTS) is 2. The summed E-state index contributed by atoms with van der Waals surface area (Å²) in [6.07, 6.45) is 3.58. The van der Waals surface area contributed by atoms with Crippen molar-refractivity contribution < 1.29 is 48.2 Å². The Hall–Kier alpha value is -4.07. The molecule has 0 aliphatic carbocycles. The first kappa shape index (κ1) is 25.6. The molecule has 3 N–H and O–H groups in total. The molecule has 1 fully saturated rings. The number of hydrogen-bond acceptors (Lipinski definition) is 10. The molecule has 2 amide bonds. The molecule has 0 bridgehead atoms. The largest absolute Gasteiger partial charge is 0.478 e. The lowest BCUT2D eigenvalue weighted by molar-refractivity contribution is -0.161. The Balaban J connectivity index is 1.82. The zero-order valence-corrected chi connectivity index (χ0v) is 19.5. The smallest absolute Gasteiger partial charge is 0.352 e. The topological polar surface area (TPSA) is 185 Å². The van der Waals surface area contributed by atoms with Crippen LogP contribution in [-0.4, -0.2) is 80.4 Å². The number of amides is 2. The van der Waals surface area contributed by atoms with Crippen molar-refractivity contribution in [2.75, 3.05) is 12.9 Å². The Morgan fingerprint density at radius 2 is 2.03 bits per heavy atom. The van der Waals surface area contributed by atoms with Crippen molar-refractivity contribution in [1.82, 2.24) is 10.2 Å². The van der Waals surface area contributed by atoms with Gasteiger partial charge in [0.2, 0.25) is 11.3 Å². The minimum atomic E-state index is -1.75. The minimum absolute atomic E-state index is 0.0371. The number of allylic oxidation sites excluding steroid dienone is 1.